The Morgan fingerprint density at radius 3 is 1.10 bits per heavy atom. The van der Waals surface area contributed by atoms with Gasteiger partial charge in [-0.25, -0.2) is 0 Å². The molecule has 200 valence electrons. The number of non-ortho nitro benzene ring substituents is 2. The van der Waals surface area contributed by atoms with Crippen LogP contribution >= 0.6 is 0 Å². The molecule has 8 heteroatoms. The number of hydrogen-bond acceptors (Lipinski definition) is 6. The van der Waals surface area contributed by atoms with Crippen molar-refractivity contribution in [2.75, 3.05) is 0 Å². The summed E-state index contributed by atoms with van der Waals surface area (Å²) in [7, 11) is 0. The summed E-state index contributed by atoms with van der Waals surface area (Å²) in [5, 5.41) is 21.6. The number of hydrogen-bond donors (Lipinski definition) is 0. The quantitative estimate of drug-likeness (QED) is 0.135. The van der Waals surface area contributed by atoms with Crippen molar-refractivity contribution in [2.45, 2.75) is 33.1 Å². The zero-order valence-electron chi connectivity index (χ0n) is 21.9. The van der Waals surface area contributed by atoms with Crippen LogP contribution in [-0.4, -0.2) is 9.85 Å². The molecule has 0 aliphatic rings. The Bertz CT molecular complexity index is 1280. The summed E-state index contributed by atoms with van der Waals surface area (Å²) in [6.07, 6.45) is 3.01. The zero-order valence-corrected chi connectivity index (χ0v) is 21.9. The normalized spacial score (nSPS) is 12.4. The fraction of sp³-hybridized carbons (Fsp3) is 0.226. The lowest BCUT2D eigenvalue weighted by molar-refractivity contribution is -0.385. The SMILES string of the molecule is CC(Cc1ccc(Oc2ccc([N+](=O)[O-])cc2)cc1)CC(C)Cc1ccc(Oc2ccc([N+](=O)[O-])cc2)cc1. The maximum atomic E-state index is 10.8. The van der Waals surface area contributed by atoms with Crippen molar-refractivity contribution in [1.29, 1.82) is 0 Å². The van der Waals surface area contributed by atoms with Gasteiger partial charge >= 0.3 is 0 Å². The molecule has 8 nitrogen and oxygen atoms in total. The lowest BCUT2D eigenvalue weighted by atomic mass is 9.88. The first kappa shape index (κ1) is 27.3. The van der Waals surface area contributed by atoms with Gasteiger partial charge in [0, 0.05) is 24.3 Å². The largest absolute Gasteiger partial charge is 0.457 e. The van der Waals surface area contributed by atoms with Gasteiger partial charge < -0.3 is 9.47 Å². The first-order chi connectivity index (χ1) is 18.7. The van der Waals surface area contributed by atoms with E-state index in [0.29, 0.717) is 34.8 Å². The minimum Gasteiger partial charge on any atom is -0.457 e. The van der Waals surface area contributed by atoms with E-state index < -0.39 is 9.85 Å². The molecule has 0 saturated heterocycles. The Kier molecular flexibility index (Phi) is 8.89. The predicted molar refractivity (Wildman–Crippen MR) is 150 cm³/mol. The molecule has 0 spiro atoms. The Balaban J connectivity index is 1.22. The van der Waals surface area contributed by atoms with Gasteiger partial charge in [-0.1, -0.05) is 38.1 Å². The highest BCUT2D eigenvalue weighted by atomic mass is 16.6. The number of ether oxygens (including phenoxy) is 2. The molecular formula is C31H30N2O6. The molecule has 0 amide bonds. The van der Waals surface area contributed by atoms with E-state index in [1.807, 2.05) is 24.3 Å². The van der Waals surface area contributed by atoms with E-state index in [0.717, 1.165) is 19.3 Å². The summed E-state index contributed by atoms with van der Waals surface area (Å²) in [4.78, 5) is 20.7. The van der Waals surface area contributed by atoms with Gasteiger partial charge in [0.15, 0.2) is 0 Å². The van der Waals surface area contributed by atoms with Crippen LogP contribution in [0.25, 0.3) is 0 Å². The van der Waals surface area contributed by atoms with E-state index in [-0.39, 0.29) is 11.4 Å². The van der Waals surface area contributed by atoms with Crippen LogP contribution in [0.1, 0.15) is 31.4 Å². The van der Waals surface area contributed by atoms with Crippen molar-refractivity contribution < 1.29 is 19.3 Å². The molecule has 0 radical (unpaired) electrons. The van der Waals surface area contributed by atoms with Gasteiger partial charge in [0.1, 0.15) is 23.0 Å². The van der Waals surface area contributed by atoms with Gasteiger partial charge in [0.25, 0.3) is 11.4 Å². The maximum Gasteiger partial charge on any atom is 0.269 e. The third-order valence-corrected chi connectivity index (χ3v) is 6.39. The van der Waals surface area contributed by atoms with Crippen LogP contribution in [0.15, 0.2) is 97.1 Å². The number of nitro groups is 2. The van der Waals surface area contributed by atoms with Gasteiger partial charge in [0.05, 0.1) is 9.85 Å². The minimum absolute atomic E-state index is 0.0339. The molecule has 2 atom stereocenters. The molecule has 0 aliphatic heterocycles. The molecule has 4 aromatic carbocycles. The maximum absolute atomic E-state index is 10.8. The van der Waals surface area contributed by atoms with E-state index in [1.165, 1.54) is 35.4 Å². The summed E-state index contributed by atoms with van der Waals surface area (Å²) in [5.41, 5.74) is 2.54. The van der Waals surface area contributed by atoms with Gasteiger partial charge in [-0.15, -0.1) is 0 Å². The molecule has 0 N–H and O–H groups in total. The molecule has 0 aromatic heterocycles. The summed E-state index contributed by atoms with van der Waals surface area (Å²) >= 11 is 0. The minimum atomic E-state index is -0.433. The van der Waals surface area contributed by atoms with E-state index >= 15 is 0 Å². The fourth-order valence-electron chi connectivity index (χ4n) is 4.59. The van der Waals surface area contributed by atoms with Crippen molar-refractivity contribution in [3.8, 4) is 23.0 Å². The highest BCUT2D eigenvalue weighted by Gasteiger charge is 2.12. The molecule has 4 aromatic rings. The van der Waals surface area contributed by atoms with Gasteiger partial charge in [0.2, 0.25) is 0 Å². The van der Waals surface area contributed by atoms with E-state index in [4.69, 9.17) is 9.47 Å². The van der Waals surface area contributed by atoms with Crippen molar-refractivity contribution in [2.24, 2.45) is 11.8 Å². The Hall–Kier alpha value is -4.72. The van der Waals surface area contributed by atoms with E-state index in [9.17, 15) is 20.2 Å². The lowest BCUT2D eigenvalue weighted by Crippen LogP contribution is -2.08. The van der Waals surface area contributed by atoms with Crippen LogP contribution in [0, 0.1) is 32.1 Å². The summed E-state index contributed by atoms with van der Waals surface area (Å²) < 4.78 is 11.6. The average molecular weight is 527 g/mol. The molecular weight excluding hydrogens is 496 g/mol. The third kappa shape index (κ3) is 8.13. The van der Waals surface area contributed by atoms with E-state index in [2.05, 4.69) is 38.1 Å². The molecule has 0 heterocycles. The first-order valence-electron chi connectivity index (χ1n) is 12.8. The number of benzene rings is 4. The van der Waals surface area contributed by atoms with Crippen LogP contribution in [0.3, 0.4) is 0 Å². The van der Waals surface area contributed by atoms with Gasteiger partial charge in [-0.3, -0.25) is 20.2 Å². The number of nitro benzene ring substituents is 2. The van der Waals surface area contributed by atoms with Crippen molar-refractivity contribution in [3.63, 3.8) is 0 Å². The van der Waals surface area contributed by atoms with Gasteiger partial charge in [-0.05, 0) is 90.8 Å². The zero-order chi connectivity index (χ0) is 27.8. The lowest BCUT2D eigenvalue weighted by Gasteiger charge is -2.18. The fourth-order valence-corrected chi connectivity index (χ4v) is 4.59. The molecule has 2 unspecified atom stereocenters. The summed E-state index contributed by atoms with van der Waals surface area (Å²) in [5.74, 6) is 3.50. The highest BCUT2D eigenvalue weighted by molar-refractivity contribution is 5.40. The van der Waals surface area contributed by atoms with Crippen molar-refractivity contribution in [1.82, 2.24) is 0 Å². The van der Waals surface area contributed by atoms with Crippen LogP contribution in [0.5, 0.6) is 23.0 Å². The van der Waals surface area contributed by atoms with E-state index in [1.54, 1.807) is 24.3 Å². The summed E-state index contributed by atoms with van der Waals surface area (Å²) in [6, 6.07) is 28.0. The molecule has 4 rings (SSSR count). The number of nitrogens with zero attached hydrogens (tertiary/aromatic N) is 2. The number of rotatable bonds is 12. The molecule has 0 fully saturated rings. The topological polar surface area (TPSA) is 105 Å². The van der Waals surface area contributed by atoms with Crippen LogP contribution in [0.4, 0.5) is 11.4 Å². The second-order valence-electron chi connectivity index (χ2n) is 9.85. The van der Waals surface area contributed by atoms with Gasteiger partial charge in [-0.2, -0.15) is 0 Å². The summed E-state index contributed by atoms with van der Waals surface area (Å²) in [6.45, 7) is 4.53. The predicted octanol–water partition coefficient (Wildman–Crippen LogP) is 8.54. The molecule has 0 saturated carbocycles. The monoisotopic (exact) mass is 526 g/mol. The average Bonchev–Trinajstić information content (AvgIpc) is 2.91. The molecule has 0 bridgehead atoms. The van der Waals surface area contributed by atoms with Crippen LogP contribution < -0.4 is 9.47 Å². The first-order valence-corrected chi connectivity index (χ1v) is 12.8. The Labute approximate surface area is 227 Å². The van der Waals surface area contributed by atoms with Crippen molar-refractivity contribution >= 4 is 11.4 Å². The second-order valence-corrected chi connectivity index (χ2v) is 9.85. The van der Waals surface area contributed by atoms with Crippen LogP contribution in [0.2, 0.25) is 0 Å². The smallest absolute Gasteiger partial charge is 0.269 e. The molecule has 0 aliphatic carbocycles. The molecule has 39 heavy (non-hydrogen) atoms. The van der Waals surface area contributed by atoms with Crippen LogP contribution in [-0.2, 0) is 12.8 Å². The second kappa shape index (κ2) is 12.7. The Morgan fingerprint density at radius 2 is 0.821 bits per heavy atom. The highest BCUT2D eigenvalue weighted by Crippen LogP contribution is 2.27. The van der Waals surface area contributed by atoms with Crippen molar-refractivity contribution in [3.05, 3.63) is 128 Å². The standard InChI is InChI=1S/C31H30N2O6/c1-22(20-24-3-11-28(12-4-24)38-30-15-7-26(8-16-30)32(34)35)19-23(2)21-25-5-13-29(14-6-25)39-31-17-9-27(10-18-31)33(36)37/h3-18,22-23H,19-21H2,1-2H3. The Morgan fingerprint density at radius 1 is 0.538 bits per heavy atom. The third-order valence-electron chi connectivity index (χ3n) is 6.39.